The van der Waals surface area contributed by atoms with Crippen molar-refractivity contribution in [1.82, 2.24) is 0 Å². The number of nitrogens with zero attached hydrogens (tertiary/aromatic N) is 2. The van der Waals surface area contributed by atoms with E-state index in [9.17, 15) is 51.9 Å². The van der Waals surface area contributed by atoms with Crippen LogP contribution >= 0.6 is 0 Å². The first-order valence-corrected chi connectivity index (χ1v) is 26.6. The third kappa shape index (κ3) is 11.1. The van der Waals surface area contributed by atoms with E-state index in [1.165, 1.54) is 24.3 Å². The second kappa shape index (κ2) is 19.4. The van der Waals surface area contributed by atoms with Crippen molar-refractivity contribution in [1.29, 1.82) is 0 Å². The van der Waals surface area contributed by atoms with Crippen LogP contribution < -0.4 is 56.3 Å². The Morgan fingerprint density at radius 2 is 1.21 bits per heavy atom. The van der Waals surface area contributed by atoms with Crippen LogP contribution in [0.5, 0.6) is 0 Å². The SMILES string of the molecule is CC1(C)C(/C=C/C=C(/C=C/C=C2/N(CCCS(=O)(=O)O)c3ccc4cc(S(=O)(=O)O)ccc4c3C2(C)C)c2ccccc2)=[N+](CCCS(=O)(=O)O)c2ccc3cc(S(=O)(=O)O)ccc3c21.[K+]. The summed E-state index contributed by atoms with van der Waals surface area (Å²) < 4.78 is 136. The Morgan fingerprint density at radius 3 is 1.79 bits per heavy atom. The van der Waals surface area contributed by atoms with E-state index in [0.29, 0.717) is 10.8 Å². The van der Waals surface area contributed by atoms with Gasteiger partial charge in [-0.25, -0.2) is 0 Å². The average Bonchev–Trinajstić information content (AvgIpc) is 3.56. The van der Waals surface area contributed by atoms with Crippen LogP contribution in [0.15, 0.2) is 143 Å². The molecule has 0 aromatic heterocycles. The maximum atomic E-state index is 12.0. The first-order chi connectivity index (χ1) is 30.3. The monoisotopic (exact) mass is 1000 g/mol. The Labute approximate surface area is 428 Å². The van der Waals surface area contributed by atoms with E-state index in [-0.39, 0.29) is 87.1 Å². The molecule has 0 saturated carbocycles. The molecule has 2 aliphatic rings. The van der Waals surface area contributed by atoms with Crippen molar-refractivity contribution in [3.63, 3.8) is 0 Å². The molecule has 0 amide bonds. The van der Waals surface area contributed by atoms with E-state index in [1.54, 1.807) is 24.3 Å². The smallest absolute Gasteiger partial charge is 0.344 e. The summed E-state index contributed by atoms with van der Waals surface area (Å²) >= 11 is 0. The summed E-state index contributed by atoms with van der Waals surface area (Å²) in [6, 6.07) is 25.6. The molecular weight excluding hydrogens is 952 g/mol. The minimum Gasteiger partial charge on any atom is -0.344 e. The quantitative estimate of drug-likeness (QED) is 0.0453. The number of hydrogen-bond acceptors (Lipinski definition) is 9. The van der Waals surface area contributed by atoms with Gasteiger partial charge in [0.15, 0.2) is 5.71 Å². The average molecular weight is 1000 g/mol. The number of allylic oxidation sites excluding steroid dienone is 8. The van der Waals surface area contributed by atoms with Crippen molar-refractivity contribution >= 4 is 84.7 Å². The standard InChI is InChI=1S/C47H48N2O12S4.K/c1-46(2)42(48(26-10-28-62(50,51)52)40-24-18-34-30-36(64(56,57)58)20-22-38(34)44(40)46)16-8-14-33(32-12-6-5-7-13-32)15-9-17-43-47(3,4)45-39-23-21-37(65(59,60)61)31-35(39)19-25-41(45)49(43)27-11-29-63(53,54)55;/h5-9,12-25,30-31H,10-11,26-29H2,1-4H3,(H3-,50,51,52,53,54,55,56,57,58,59,60,61);/q;+1/p+1. The van der Waals surface area contributed by atoms with E-state index < -0.39 is 62.8 Å². The molecule has 0 unspecified atom stereocenters. The van der Waals surface area contributed by atoms with E-state index in [1.807, 2.05) is 116 Å². The number of hydrogen-bond donors (Lipinski definition) is 4. The molecule has 2 aliphatic heterocycles. The summed E-state index contributed by atoms with van der Waals surface area (Å²) in [6.45, 7) is 8.53. The van der Waals surface area contributed by atoms with Crippen LogP contribution in [-0.2, 0) is 51.3 Å². The van der Waals surface area contributed by atoms with Crippen molar-refractivity contribution in [3.8, 4) is 0 Å². The molecule has 4 N–H and O–H groups in total. The van der Waals surface area contributed by atoms with Crippen LogP contribution in [0, 0.1) is 0 Å². The molecule has 0 bridgehead atoms. The number of anilines is 1. The van der Waals surface area contributed by atoms with E-state index >= 15 is 0 Å². The molecule has 0 radical (unpaired) electrons. The number of fused-ring (bicyclic) bond motifs is 6. The van der Waals surface area contributed by atoms with Gasteiger partial charge in [0.05, 0.1) is 26.7 Å². The molecule has 2 heterocycles. The van der Waals surface area contributed by atoms with Gasteiger partial charge in [-0.2, -0.15) is 38.2 Å². The Balaban J connectivity index is 0.00000720. The summed E-state index contributed by atoms with van der Waals surface area (Å²) in [5, 5.41) is 2.68. The summed E-state index contributed by atoms with van der Waals surface area (Å²) in [7, 11) is -17.4. The molecule has 0 saturated heterocycles. The van der Waals surface area contributed by atoms with Gasteiger partial charge in [-0.3, -0.25) is 18.2 Å². The molecule has 19 heteroatoms. The Morgan fingerprint density at radius 1 is 0.652 bits per heavy atom. The molecule has 0 atom stereocenters. The van der Waals surface area contributed by atoms with Gasteiger partial charge in [0.2, 0.25) is 5.69 Å². The van der Waals surface area contributed by atoms with Gasteiger partial charge < -0.3 is 4.90 Å². The van der Waals surface area contributed by atoms with Crippen molar-refractivity contribution in [2.24, 2.45) is 0 Å². The van der Waals surface area contributed by atoms with Gasteiger partial charge in [-0.15, -0.1) is 0 Å². The number of rotatable bonds is 15. The normalized spacial score (nSPS) is 17.1. The molecular formula is C47H49KN2O12S4+2. The van der Waals surface area contributed by atoms with Crippen LogP contribution in [0.25, 0.3) is 27.1 Å². The third-order valence-electron chi connectivity index (χ3n) is 12.0. The molecule has 0 aliphatic carbocycles. The zero-order valence-electron chi connectivity index (χ0n) is 36.9. The Bertz CT molecular complexity index is 3380. The van der Waals surface area contributed by atoms with Gasteiger partial charge in [-0.05, 0) is 101 Å². The van der Waals surface area contributed by atoms with Crippen LogP contribution in [0.2, 0.25) is 0 Å². The first kappa shape index (κ1) is 51.7. The van der Waals surface area contributed by atoms with Crippen molar-refractivity contribution in [2.45, 2.75) is 61.2 Å². The molecule has 5 aromatic carbocycles. The van der Waals surface area contributed by atoms with E-state index in [0.717, 1.165) is 55.8 Å². The Kier molecular flexibility index (Phi) is 15.2. The minimum atomic E-state index is -4.46. The first-order valence-electron chi connectivity index (χ1n) is 20.5. The maximum absolute atomic E-state index is 12.0. The van der Waals surface area contributed by atoms with Gasteiger partial charge >= 0.3 is 51.4 Å². The van der Waals surface area contributed by atoms with Crippen LogP contribution in [0.4, 0.5) is 11.4 Å². The van der Waals surface area contributed by atoms with E-state index in [2.05, 4.69) is 0 Å². The van der Waals surface area contributed by atoms with E-state index in [4.69, 9.17) is 0 Å². The maximum Gasteiger partial charge on any atom is 1.00 e. The third-order valence-corrected chi connectivity index (χ3v) is 15.3. The molecule has 0 fully saturated rings. The van der Waals surface area contributed by atoms with Crippen molar-refractivity contribution in [2.75, 3.05) is 29.5 Å². The Hall–Kier alpha value is -3.67. The molecule has 7 rings (SSSR count). The fourth-order valence-corrected chi connectivity index (χ4v) is 11.1. The molecule has 342 valence electrons. The fraction of sp³-hybridized carbons (Fsp3) is 0.255. The predicted molar refractivity (Wildman–Crippen MR) is 254 cm³/mol. The van der Waals surface area contributed by atoms with Gasteiger partial charge in [-0.1, -0.05) is 86.7 Å². The molecule has 0 spiro atoms. The fourth-order valence-electron chi connectivity index (χ4n) is 9.12. The largest absolute Gasteiger partial charge is 1.00 e. The summed E-state index contributed by atoms with van der Waals surface area (Å²) in [4.78, 5) is 1.51. The summed E-state index contributed by atoms with van der Waals surface area (Å²) in [5.41, 5.74) is 5.24. The van der Waals surface area contributed by atoms with Crippen LogP contribution in [-0.4, -0.2) is 86.8 Å². The molecule has 5 aromatic rings. The van der Waals surface area contributed by atoms with Crippen LogP contribution in [0.1, 0.15) is 57.2 Å². The molecule has 66 heavy (non-hydrogen) atoms. The van der Waals surface area contributed by atoms with Gasteiger partial charge in [0, 0.05) is 47.5 Å². The van der Waals surface area contributed by atoms with Gasteiger partial charge in [0.1, 0.15) is 6.54 Å². The van der Waals surface area contributed by atoms with Gasteiger partial charge in [0.25, 0.3) is 40.5 Å². The van der Waals surface area contributed by atoms with Crippen LogP contribution in [0.3, 0.4) is 0 Å². The minimum absolute atomic E-state index is 0. The second-order valence-corrected chi connectivity index (χ2v) is 23.1. The summed E-state index contributed by atoms with van der Waals surface area (Å²) in [6.07, 6.45) is 11.7. The van der Waals surface area contributed by atoms with Crippen molar-refractivity contribution < 1.29 is 108 Å². The van der Waals surface area contributed by atoms with Crippen molar-refractivity contribution in [3.05, 3.63) is 150 Å². The zero-order chi connectivity index (χ0) is 47.3. The predicted octanol–water partition coefficient (Wildman–Crippen LogP) is 5.30. The summed E-state index contributed by atoms with van der Waals surface area (Å²) in [5.74, 6) is -0.907. The number of benzene rings is 5. The zero-order valence-corrected chi connectivity index (χ0v) is 43.3. The second-order valence-electron chi connectivity index (χ2n) is 17.1. The topological polar surface area (TPSA) is 224 Å². The molecule has 14 nitrogen and oxygen atoms in total.